The summed E-state index contributed by atoms with van der Waals surface area (Å²) < 4.78 is 5.00. The van der Waals surface area contributed by atoms with Crippen LogP contribution < -0.4 is 5.32 Å². The Labute approximate surface area is 95.6 Å². The third kappa shape index (κ3) is 3.03. The SMILES string of the molecule is COCCNCc1cc2c(s1)CCCC2. The topological polar surface area (TPSA) is 21.3 Å². The van der Waals surface area contributed by atoms with E-state index in [0.29, 0.717) is 0 Å². The Morgan fingerprint density at radius 3 is 3.07 bits per heavy atom. The fraction of sp³-hybridized carbons (Fsp3) is 0.667. The molecule has 0 atom stereocenters. The summed E-state index contributed by atoms with van der Waals surface area (Å²) in [4.78, 5) is 3.11. The minimum Gasteiger partial charge on any atom is -0.383 e. The molecule has 84 valence electrons. The molecular weight excluding hydrogens is 206 g/mol. The van der Waals surface area contributed by atoms with Gasteiger partial charge in [0.15, 0.2) is 0 Å². The number of hydrogen-bond acceptors (Lipinski definition) is 3. The highest BCUT2D eigenvalue weighted by Gasteiger charge is 2.12. The number of aryl methyl sites for hydroxylation is 2. The Kier molecular flexibility index (Phi) is 4.18. The van der Waals surface area contributed by atoms with E-state index in [9.17, 15) is 0 Å². The van der Waals surface area contributed by atoms with E-state index in [1.54, 1.807) is 17.6 Å². The quantitative estimate of drug-likeness (QED) is 0.777. The van der Waals surface area contributed by atoms with Gasteiger partial charge in [-0.1, -0.05) is 0 Å². The molecule has 0 unspecified atom stereocenters. The Balaban J connectivity index is 1.84. The maximum absolute atomic E-state index is 5.00. The summed E-state index contributed by atoms with van der Waals surface area (Å²) in [7, 11) is 1.74. The number of ether oxygens (including phenoxy) is 1. The third-order valence-corrected chi connectivity index (χ3v) is 4.07. The minimum atomic E-state index is 0.797. The number of thiophene rings is 1. The predicted octanol–water partition coefficient (Wildman–Crippen LogP) is 2.36. The molecule has 2 nitrogen and oxygen atoms in total. The molecule has 2 rings (SSSR count). The van der Waals surface area contributed by atoms with E-state index < -0.39 is 0 Å². The molecule has 3 heteroatoms. The average molecular weight is 225 g/mol. The molecule has 1 aliphatic carbocycles. The van der Waals surface area contributed by atoms with Gasteiger partial charge >= 0.3 is 0 Å². The van der Waals surface area contributed by atoms with Crippen molar-refractivity contribution in [3.8, 4) is 0 Å². The Hall–Kier alpha value is -0.380. The van der Waals surface area contributed by atoms with Crippen molar-refractivity contribution in [1.82, 2.24) is 5.32 Å². The van der Waals surface area contributed by atoms with Crippen molar-refractivity contribution in [3.63, 3.8) is 0 Å². The van der Waals surface area contributed by atoms with Gasteiger partial charge in [0.2, 0.25) is 0 Å². The van der Waals surface area contributed by atoms with E-state index in [1.807, 2.05) is 11.3 Å². The fourth-order valence-corrected chi connectivity index (χ4v) is 3.26. The van der Waals surface area contributed by atoms with Gasteiger partial charge < -0.3 is 10.1 Å². The van der Waals surface area contributed by atoms with Gasteiger partial charge in [-0.3, -0.25) is 0 Å². The predicted molar refractivity (Wildman–Crippen MR) is 64.5 cm³/mol. The van der Waals surface area contributed by atoms with Crippen molar-refractivity contribution < 1.29 is 4.74 Å². The lowest BCUT2D eigenvalue weighted by molar-refractivity contribution is 0.199. The van der Waals surface area contributed by atoms with E-state index in [0.717, 1.165) is 19.7 Å². The van der Waals surface area contributed by atoms with E-state index in [4.69, 9.17) is 4.74 Å². The van der Waals surface area contributed by atoms with Crippen molar-refractivity contribution in [1.29, 1.82) is 0 Å². The zero-order chi connectivity index (χ0) is 10.5. The Morgan fingerprint density at radius 2 is 2.27 bits per heavy atom. The van der Waals surface area contributed by atoms with Gasteiger partial charge in [0.05, 0.1) is 6.61 Å². The van der Waals surface area contributed by atoms with Gasteiger partial charge in [0, 0.05) is 30.0 Å². The van der Waals surface area contributed by atoms with Gasteiger partial charge in [0.25, 0.3) is 0 Å². The van der Waals surface area contributed by atoms with Crippen LogP contribution in [-0.4, -0.2) is 20.3 Å². The van der Waals surface area contributed by atoms with Crippen molar-refractivity contribution >= 4 is 11.3 Å². The maximum Gasteiger partial charge on any atom is 0.0587 e. The molecule has 1 aromatic heterocycles. The fourth-order valence-electron chi connectivity index (χ4n) is 2.03. The smallest absolute Gasteiger partial charge is 0.0587 e. The van der Waals surface area contributed by atoms with Gasteiger partial charge in [-0.15, -0.1) is 11.3 Å². The van der Waals surface area contributed by atoms with Crippen LogP contribution in [0, 0.1) is 0 Å². The van der Waals surface area contributed by atoms with Crippen LogP contribution in [0.15, 0.2) is 6.07 Å². The first-order valence-corrected chi connectivity index (χ1v) is 6.52. The molecule has 0 radical (unpaired) electrons. The van der Waals surface area contributed by atoms with E-state index in [2.05, 4.69) is 11.4 Å². The molecule has 1 aromatic rings. The molecule has 0 fully saturated rings. The van der Waals surface area contributed by atoms with Crippen molar-refractivity contribution in [3.05, 3.63) is 21.4 Å². The third-order valence-electron chi connectivity index (χ3n) is 2.83. The highest BCUT2D eigenvalue weighted by Crippen LogP contribution is 2.29. The summed E-state index contributed by atoms with van der Waals surface area (Å²) in [6.45, 7) is 2.74. The number of rotatable bonds is 5. The molecule has 1 N–H and O–H groups in total. The van der Waals surface area contributed by atoms with Crippen LogP contribution >= 0.6 is 11.3 Å². The lowest BCUT2D eigenvalue weighted by atomic mass is 9.99. The first kappa shape index (κ1) is 11.1. The largest absolute Gasteiger partial charge is 0.383 e. The van der Waals surface area contributed by atoms with Crippen LogP contribution in [0.2, 0.25) is 0 Å². The molecule has 1 heterocycles. The molecule has 0 saturated carbocycles. The van der Waals surface area contributed by atoms with Gasteiger partial charge in [-0.25, -0.2) is 0 Å². The molecule has 0 amide bonds. The van der Waals surface area contributed by atoms with E-state index >= 15 is 0 Å². The maximum atomic E-state index is 5.00. The van der Waals surface area contributed by atoms with Gasteiger partial charge in [-0.05, 0) is 37.3 Å². The summed E-state index contributed by atoms with van der Waals surface area (Å²) in [5.74, 6) is 0. The van der Waals surface area contributed by atoms with Crippen LogP contribution in [0.3, 0.4) is 0 Å². The van der Waals surface area contributed by atoms with Crippen LogP contribution in [-0.2, 0) is 24.1 Å². The monoisotopic (exact) mass is 225 g/mol. The Morgan fingerprint density at radius 1 is 1.40 bits per heavy atom. The zero-order valence-corrected chi connectivity index (χ0v) is 10.2. The van der Waals surface area contributed by atoms with Crippen molar-refractivity contribution in [2.45, 2.75) is 32.2 Å². The molecule has 1 aliphatic rings. The molecule has 15 heavy (non-hydrogen) atoms. The first-order valence-electron chi connectivity index (χ1n) is 5.70. The molecule has 0 bridgehead atoms. The number of methoxy groups -OCH3 is 1. The lowest BCUT2D eigenvalue weighted by Crippen LogP contribution is -2.17. The summed E-state index contributed by atoms with van der Waals surface area (Å²) >= 11 is 1.99. The first-order chi connectivity index (χ1) is 7.40. The Bertz CT molecular complexity index is 285. The second kappa shape index (κ2) is 5.64. The van der Waals surface area contributed by atoms with E-state index in [-0.39, 0.29) is 0 Å². The zero-order valence-electron chi connectivity index (χ0n) is 9.34. The summed E-state index contributed by atoms with van der Waals surface area (Å²) in [5, 5.41) is 3.40. The van der Waals surface area contributed by atoms with Crippen LogP contribution in [0.25, 0.3) is 0 Å². The van der Waals surface area contributed by atoms with E-state index in [1.165, 1.54) is 30.6 Å². The summed E-state index contributed by atoms with van der Waals surface area (Å²) in [6.07, 6.45) is 5.35. The molecule has 0 aliphatic heterocycles. The normalized spacial score (nSPS) is 15.3. The molecule has 0 aromatic carbocycles. The second-order valence-corrected chi connectivity index (χ2v) is 5.26. The standard InChI is InChI=1S/C12H19NOS/c1-14-7-6-13-9-11-8-10-4-2-3-5-12(10)15-11/h8,13H,2-7,9H2,1H3. The highest BCUT2D eigenvalue weighted by molar-refractivity contribution is 7.12. The van der Waals surface area contributed by atoms with Crippen molar-refractivity contribution in [2.75, 3.05) is 20.3 Å². The number of fused-ring (bicyclic) bond motifs is 1. The second-order valence-electron chi connectivity index (χ2n) is 4.04. The summed E-state index contributed by atoms with van der Waals surface area (Å²) in [6, 6.07) is 2.39. The minimum absolute atomic E-state index is 0.797. The summed E-state index contributed by atoms with van der Waals surface area (Å²) in [5.41, 5.74) is 1.61. The molecular formula is C12H19NOS. The molecule has 0 saturated heterocycles. The van der Waals surface area contributed by atoms with Crippen molar-refractivity contribution in [2.24, 2.45) is 0 Å². The lowest BCUT2D eigenvalue weighted by Gasteiger charge is -2.08. The molecule has 0 spiro atoms. The highest BCUT2D eigenvalue weighted by atomic mass is 32.1. The van der Waals surface area contributed by atoms with Gasteiger partial charge in [-0.2, -0.15) is 0 Å². The van der Waals surface area contributed by atoms with Crippen LogP contribution in [0.1, 0.15) is 28.2 Å². The van der Waals surface area contributed by atoms with Gasteiger partial charge in [0.1, 0.15) is 0 Å². The van der Waals surface area contributed by atoms with Crippen LogP contribution in [0.5, 0.6) is 0 Å². The average Bonchev–Trinajstić information content (AvgIpc) is 2.67. The number of hydrogen-bond donors (Lipinski definition) is 1. The number of nitrogens with one attached hydrogen (secondary N) is 1. The van der Waals surface area contributed by atoms with Crippen LogP contribution in [0.4, 0.5) is 0 Å².